The lowest BCUT2D eigenvalue weighted by atomic mass is 9.74. The summed E-state index contributed by atoms with van der Waals surface area (Å²) in [5.41, 5.74) is 3.08. The van der Waals surface area contributed by atoms with Crippen LogP contribution in [-0.4, -0.2) is 23.1 Å². The minimum atomic E-state index is -0.310. The van der Waals surface area contributed by atoms with E-state index in [-0.39, 0.29) is 17.8 Å². The molecule has 1 aliphatic rings. The Bertz CT molecular complexity index is 790. The van der Waals surface area contributed by atoms with E-state index in [0.717, 1.165) is 54.3 Å². The summed E-state index contributed by atoms with van der Waals surface area (Å²) < 4.78 is 7.05. The number of aromatic nitrogens is 1. The Labute approximate surface area is 149 Å². The van der Waals surface area contributed by atoms with Gasteiger partial charge in [-0.25, -0.2) is 9.36 Å². The van der Waals surface area contributed by atoms with Gasteiger partial charge in [0.05, 0.1) is 12.1 Å². The minimum absolute atomic E-state index is 0.0560. The lowest BCUT2D eigenvalue weighted by molar-refractivity contribution is -0.122. The van der Waals surface area contributed by atoms with Crippen LogP contribution in [0.4, 0.5) is 4.79 Å². The second-order valence-electron chi connectivity index (χ2n) is 7.00. The molecule has 0 aliphatic heterocycles. The number of nitrogens with zero attached hydrogens (tertiary/aromatic N) is 1. The van der Waals surface area contributed by atoms with Gasteiger partial charge in [0, 0.05) is 17.0 Å². The van der Waals surface area contributed by atoms with Crippen LogP contribution in [0.5, 0.6) is 0 Å². The van der Waals surface area contributed by atoms with Gasteiger partial charge in [-0.1, -0.05) is 38.0 Å². The van der Waals surface area contributed by atoms with E-state index < -0.39 is 0 Å². The van der Waals surface area contributed by atoms with Crippen LogP contribution in [0.25, 0.3) is 10.9 Å². The number of ether oxygens (including phenoxy) is 1. The van der Waals surface area contributed by atoms with Crippen molar-refractivity contribution in [3.63, 3.8) is 0 Å². The van der Waals surface area contributed by atoms with Crippen molar-refractivity contribution in [3.8, 4) is 0 Å². The van der Waals surface area contributed by atoms with E-state index in [1.54, 1.807) is 11.5 Å². The maximum atomic E-state index is 12.6. The average molecular weight is 341 g/mol. The molecule has 2 aromatic rings. The third-order valence-electron chi connectivity index (χ3n) is 5.44. The van der Waals surface area contributed by atoms with E-state index >= 15 is 0 Å². The van der Waals surface area contributed by atoms with E-state index in [2.05, 4.69) is 6.92 Å². The maximum Gasteiger partial charge on any atom is 0.418 e. The zero-order valence-electron chi connectivity index (χ0n) is 15.4. The van der Waals surface area contributed by atoms with Crippen LogP contribution in [0, 0.1) is 11.8 Å². The first-order valence-corrected chi connectivity index (χ1v) is 9.37. The predicted molar refractivity (Wildman–Crippen MR) is 99.0 cm³/mol. The summed E-state index contributed by atoms with van der Waals surface area (Å²) in [5.74, 6) is 0.627. The highest BCUT2D eigenvalue weighted by Crippen LogP contribution is 2.39. The molecule has 0 saturated heterocycles. The highest BCUT2D eigenvalue weighted by Gasteiger charge is 2.35. The Kier molecular flexibility index (Phi) is 5.26. The number of benzene rings is 1. The molecular formula is C21H27NO3. The van der Waals surface area contributed by atoms with Crippen LogP contribution in [0.15, 0.2) is 24.3 Å². The van der Waals surface area contributed by atoms with Gasteiger partial charge in [0.1, 0.15) is 5.78 Å². The number of fused-ring (bicyclic) bond motifs is 3. The molecule has 4 nitrogen and oxygen atoms in total. The molecule has 1 aromatic carbocycles. The van der Waals surface area contributed by atoms with Crippen molar-refractivity contribution >= 4 is 22.8 Å². The number of ketones is 1. The van der Waals surface area contributed by atoms with E-state index in [9.17, 15) is 9.59 Å². The fraction of sp³-hybridized carbons (Fsp3) is 0.524. The van der Waals surface area contributed by atoms with Crippen LogP contribution >= 0.6 is 0 Å². The van der Waals surface area contributed by atoms with E-state index in [1.165, 1.54) is 0 Å². The Morgan fingerprint density at radius 3 is 2.64 bits per heavy atom. The van der Waals surface area contributed by atoms with Gasteiger partial charge in [-0.15, -0.1) is 0 Å². The molecular weight excluding hydrogens is 314 g/mol. The molecule has 0 bridgehead atoms. The number of para-hydroxylation sites is 1. The molecule has 0 fully saturated rings. The van der Waals surface area contributed by atoms with Crippen LogP contribution in [0.3, 0.4) is 0 Å². The lowest BCUT2D eigenvalue weighted by Gasteiger charge is -2.31. The van der Waals surface area contributed by atoms with Crippen LogP contribution < -0.4 is 0 Å². The van der Waals surface area contributed by atoms with Crippen LogP contribution in [0.1, 0.15) is 51.3 Å². The van der Waals surface area contributed by atoms with Gasteiger partial charge < -0.3 is 4.74 Å². The van der Waals surface area contributed by atoms with Crippen molar-refractivity contribution in [3.05, 3.63) is 35.5 Å². The topological polar surface area (TPSA) is 48.3 Å². The van der Waals surface area contributed by atoms with Crippen molar-refractivity contribution in [2.45, 2.75) is 52.9 Å². The summed E-state index contributed by atoms with van der Waals surface area (Å²) in [6.07, 6.45) is 4.46. The number of unbranched alkanes of at least 4 members (excludes halogenated alkanes) is 1. The van der Waals surface area contributed by atoms with Crippen molar-refractivity contribution in [2.75, 3.05) is 6.61 Å². The third kappa shape index (κ3) is 3.22. The zero-order valence-corrected chi connectivity index (χ0v) is 15.4. The molecule has 4 heteroatoms. The Morgan fingerprint density at radius 2 is 1.96 bits per heavy atom. The smallest absolute Gasteiger partial charge is 0.418 e. The molecule has 0 N–H and O–H groups in total. The molecule has 0 saturated carbocycles. The fourth-order valence-corrected chi connectivity index (χ4v) is 4.22. The van der Waals surface area contributed by atoms with Crippen molar-refractivity contribution in [1.29, 1.82) is 0 Å². The number of carbonyl (C=O) groups excluding carboxylic acids is 2. The summed E-state index contributed by atoms with van der Waals surface area (Å²) in [6, 6.07) is 7.95. The van der Waals surface area contributed by atoms with Crippen molar-refractivity contribution in [1.82, 2.24) is 4.57 Å². The van der Waals surface area contributed by atoms with E-state index in [0.29, 0.717) is 12.5 Å². The molecule has 0 amide bonds. The number of hydrogen-bond acceptors (Lipinski definition) is 3. The van der Waals surface area contributed by atoms with Gasteiger partial charge in [0.15, 0.2) is 0 Å². The Balaban J connectivity index is 2.11. The summed E-state index contributed by atoms with van der Waals surface area (Å²) in [5, 5.41) is 1.07. The molecule has 0 unspecified atom stereocenters. The van der Waals surface area contributed by atoms with E-state index in [1.807, 2.05) is 31.2 Å². The molecule has 3 rings (SSSR count). The summed E-state index contributed by atoms with van der Waals surface area (Å²) in [7, 11) is 0. The van der Waals surface area contributed by atoms with Crippen LogP contribution in [0.2, 0.25) is 0 Å². The largest absolute Gasteiger partial charge is 0.449 e. The average Bonchev–Trinajstić information content (AvgIpc) is 2.92. The lowest BCUT2D eigenvalue weighted by Crippen LogP contribution is -2.32. The van der Waals surface area contributed by atoms with Gasteiger partial charge in [-0.3, -0.25) is 4.79 Å². The number of hydrogen-bond donors (Lipinski definition) is 0. The number of Topliss-reactive ketones (excluding diaryl/α,β-unsaturated/α-hetero) is 1. The number of carbonyl (C=O) groups is 2. The van der Waals surface area contributed by atoms with Gasteiger partial charge in [0.25, 0.3) is 0 Å². The normalized spacial score (nSPS) is 19.6. The zero-order chi connectivity index (χ0) is 18.0. The molecule has 2 atom stereocenters. The SMILES string of the molecule is CCCC[C@H]1Cc2c(c3ccccc3n2C(=O)OCC)C[C@H]1C(C)=O. The first-order chi connectivity index (χ1) is 12.1. The fourth-order valence-electron chi connectivity index (χ4n) is 4.22. The van der Waals surface area contributed by atoms with Crippen molar-refractivity contribution in [2.24, 2.45) is 11.8 Å². The first kappa shape index (κ1) is 17.7. The minimum Gasteiger partial charge on any atom is -0.449 e. The Hall–Kier alpha value is -2.10. The second-order valence-corrected chi connectivity index (χ2v) is 7.00. The van der Waals surface area contributed by atoms with Gasteiger partial charge in [-0.2, -0.15) is 0 Å². The molecule has 0 spiro atoms. The molecule has 1 aromatic heterocycles. The highest BCUT2D eigenvalue weighted by molar-refractivity contribution is 5.94. The molecule has 1 heterocycles. The first-order valence-electron chi connectivity index (χ1n) is 9.37. The predicted octanol–water partition coefficient (Wildman–Crippen LogP) is 4.76. The van der Waals surface area contributed by atoms with Gasteiger partial charge >= 0.3 is 6.09 Å². The summed E-state index contributed by atoms with van der Waals surface area (Å²) in [6.45, 7) is 6.06. The Morgan fingerprint density at radius 1 is 1.20 bits per heavy atom. The quantitative estimate of drug-likeness (QED) is 0.788. The third-order valence-corrected chi connectivity index (χ3v) is 5.44. The second kappa shape index (κ2) is 7.42. The molecule has 25 heavy (non-hydrogen) atoms. The summed E-state index contributed by atoms with van der Waals surface area (Å²) in [4.78, 5) is 24.9. The molecule has 0 radical (unpaired) electrons. The van der Waals surface area contributed by atoms with E-state index in [4.69, 9.17) is 4.74 Å². The molecule has 1 aliphatic carbocycles. The van der Waals surface area contributed by atoms with Gasteiger partial charge in [-0.05, 0) is 50.7 Å². The van der Waals surface area contributed by atoms with Crippen molar-refractivity contribution < 1.29 is 14.3 Å². The maximum absolute atomic E-state index is 12.6. The molecule has 134 valence electrons. The van der Waals surface area contributed by atoms with Crippen LogP contribution in [-0.2, 0) is 22.4 Å². The monoisotopic (exact) mass is 341 g/mol. The number of rotatable bonds is 5. The highest BCUT2D eigenvalue weighted by atomic mass is 16.5. The standard InChI is InChI=1S/C21H27NO3/c1-4-6-9-15-12-20-18(13-17(15)14(3)23)16-10-7-8-11-19(16)22(20)21(24)25-5-2/h7-8,10-11,15,17H,4-6,9,12-13H2,1-3H3/t15-,17-/m0/s1. The summed E-state index contributed by atoms with van der Waals surface area (Å²) >= 11 is 0. The van der Waals surface area contributed by atoms with Gasteiger partial charge in [0.2, 0.25) is 0 Å².